The van der Waals surface area contributed by atoms with Gasteiger partial charge in [-0.05, 0) is 69.1 Å². The number of halogens is 1. The van der Waals surface area contributed by atoms with Crippen LogP contribution in [-0.4, -0.2) is 37.0 Å². The molecule has 4 nitrogen and oxygen atoms in total. The van der Waals surface area contributed by atoms with Crippen LogP contribution in [0.2, 0.25) is 0 Å². The van der Waals surface area contributed by atoms with E-state index in [1.807, 2.05) is 19.1 Å². The van der Waals surface area contributed by atoms with Gasteiger partial charge in [-0.25, -0.2) is 0 Å². The highest BCUT2D eigenvalue weighted by molar-refractivity contribution is 9.10. The van der Waals surface area contributed by atoms with Crippen LogP contribution >= 0.6 is 15.9 Å². The fourth-order valence-electron chi connectivity index (χ4n) is 3.64. The molecule has 1 aliphatic rings. The first-order valence-electron chi connectivity index (χ1n) is 9.96. The average molecular weight is 445 g/mol. The fraction of sp³-hybridized carbons (Fsp3) is 0.435. The van der Waals surface area contributed by atoms with Crippen molar-refractivity contribution in [1.82, 2.24) is 10.2 Å². The van der Waals surface area contributed by atoms with Crippen LogP contribution in [0.5, 0.6) is 5.75 Å². The summed E-state index contributed by atoms with van der Waals surface area (Å²) in [5.41, 5.74) is 3.67. The van der Waals surface area contributed by atoms with Crippen molar-refractivity contribution in [2.75, 3.05) is 26.2 Å². The SMILES string of the molecule is Cc1ccc(OCCNC(=O)C2CCN(Cc3ccc(Br)cc3)CC2)c(C)c1. The lowest BCUT2D eigenvalue weighted by atomic mass is 9.95. The van der Waals surface area contributed by atoms with Gasteiger partial charge in [-0.1, -0.05) is 45.8 Å². The maximum Gasteiger partial charge on any atom is 0.223 e. The monoisotopic (exact) mass is 444 g/mol. The molecule has 1 heterocycles. The Kier molecular flexibility index (Phi) is 7.51. The van der Waals surface area contributed by atoms with Crippen LogP contribution in [0, 0.1) is 19.8 Å². The van der Waals surface area contributed by atoms with Crippen molar-refractivity contribution in [1.29, 1.82) is 0 Å². The standard InChI is InChI=1S/C23H29BrN2O2/c1-17-3-8-22(18(2)15-17)28-14-11-25-23(27)20-9-12-26(13-10-20)16-19-4-6-21(24)7-5-19/h3-8,15,20H,9-14,16H2,1-2H3,(H,25,27). The van der Waals surface area contributed by atoms with E-state index in [9.17, 15) is 4.79 Å². The molecule has 0 spiro atoms. The van der Waals surface area contributed by atoms with E-state index in [0.29, 0.717) is 13.2 Å². The van der Waals surface area contributed by atoms with Crippen molar-refractivity contribution in [2.24, 2.45) is 5.92 Å². The van der Waals surface area contributed by atoms with Crippen LogP contribution in [0.3, 0.4) is 0 Å². The maximum absolute atomic E-state index is 12.4. The minimum Gasteiger partial charge on any atom is -0.491 e. The van der Waals surface area contributed by atoms with E-state index >= 15 is 0 Å². The van der Waals surface area contributed by atoms with Crippen molar-refractivity contribution in [3.05, 3.63) is 63.6 Å². The summed E-state index contributed by atoms with van der Waals surface area (Å²) in [5.74, 6) is 1.16. The lowest BCUT2D eigenvalue weighted by Gasteiger charge is -2.31. The van der Waals surface area contributed by atoms with Crippen LogP contribution in [0.1, 0.15) is 29.5 Å². The molecular formula is C23H29BrN2O2. The van der Waals surface area contributed by atoms with E-state index < -0.39 is 0 Å². The Morgan fingerprint density at radius 1 is 1.14 bits per heavy atom. The minimum absolute atomic E-state index is 0.113. The Bertz CT molecular complexity index is 784. The average Bonchev–Trinajstić information content (AvgIpc) is 2.69. The van der Waals surface area contributed by atoms with Crippen LogP contribution in [-0.2, 0) is 11.3 Å². The van der Waals surface area contributed by atoms with Crippen molar-refractivity contribution in [3.63, 3.8) is 0 Å². The lowest BCUT2D eigenvalue weighted by molar-refractivity contribution is -0.126. The third kappa shape index (κ3) is 6.08. The van der Waals surface area contributed by atoms with Gasteiger partial charge in [0, 0.05) is 16.9 Å². The number of hydrogen-bond acceptors (Lipinski definition) is 3. The zero-order chi connectivity index (χ0) is 19.9. The summed E-state index contributed by atoms with van der Waals surface area (Å²) in [5, 5.41) is 3.04. The summed E-state index contributed by atoms with van der Waals surface area (Å²) < 4.78 is 6.90. The summed E-state index contributed by atoms with van der Waals surface area (Å²) in [6, 6.07) is 14.6. The number of carbonyl (C=O) groups excluding carboxylic acids is 1. The summed E-state index contributed by atoms with van der Waals surface area (Å²) >= 11 is 3.47. The fourth-order valence-corrected chi connectivity index (χ4v) is 3.91. The van der Waals surface area contributed by atoms with Gasteiger partial charge in [-0.15, -0.1) is 0 Å². The Labute approximate surface area is 176 Å². The van der Waals surface area contributed by atoms with Crippen LogP contribution in [0.4, 0.5) is 0 Å². The highest BCUT2D eigenvalue weighted by atomic mass is 79.9. The van der Waals surface area contributed by atoms with Crippen LogP contribution < -0.4 is 10.1 Å². The number of piperidine rings is 1. The van der Waals surface area contributed by atoms with Gasteiger partial charge in [-0.3, -0.25) is 9.69 Å². The molecule has 150 valence electrons. The molecule has 0 saturated carbocycles. The summed E-state index contributed by atoms with van der Waals surface area (Å²) in [4.78, 5) is 14.9. The van der Waals surface area contributed by atoms with Gasteiger partial charge in [0.05, 0.1) is 6.54 Å². The largest absolute Gasteiger partial charge is 0.491 e. The summed E-state index contributed by atoms with van der Waals surface area (Å²) in [6.07, 6.45) is 1.83. The molecule has 1 saturated heterocycles. The second kappa shape index (κ2) is 10.1. The van der Waals surface area contributed by atoms with Crippen molar-refractivity contribution in [3.8, 4) is 5.75 Å². The molecule has 2 aromatic rings. The number of amides is 1. The Morgan fingerprint density at radius 2 is 1.86 bits per heavy atom. The first-order valence-corrected chi connectivity index (χ1v) is 10.7. The number of rotatable bonds is 7. The molecule has 28 heavy (non-hydrogen) atoms. The van der Waals surface area contributed by atoms with Crippen molar-refractivity contribution >= 4 is 21.8 Å². The molecule has 0 aromatic heterocycles. The minimum atomic E-state index is 0.113. The summed E-state index contributed by atoms with van der Waals surface area (Å²) in [7, 11) is 0. The van der Waals surface area contributed by atoms with Crippen molar-refractivity contribution < 1.29 is 9.53 Å². The molecule has 0 atom stereocenters. The number of nitrogens with zero attached hydrogens (tertiary/aromatic N) is 1. The molecule has 1 amide bonds. The number of hydrogen-bond donors (Lipinski definition) is 1. The number of aryl methyl sites for hydroxylation is 2. The molecule has 1 aliphatic heterocycles. The van der Waals surface area contributed by atoms with E-state index in [4.69, 9.17) is 4.74 Å². The van der Waals surface area contributed by atoms with Gasteiger partial charge < -0.3 is 10.1 Å². The second-order valence-corrected chi connectivity index (χ2v) is 8.50. The zero-order valence-corrected chi connectivity index (χ0v) is 18.3. The van der Waals surface area contributed by atoms with Gasteiger partial charge in [0.25, 0.3) is 0 Å². The zero-order valence-electron chi connectivity index (χ0n) is 16.7. The number of likely N-dealkylation sites (tertiary alicyclic amines) is 1. The number of benzene rings is 2. The quantitative estimate of drug-likeness (QED) is 0.640. The van der Waals surface area contributed by atoms with Gasteiger partial charge in [0.2, 0.25) is 5.91 Å². The molecule has 0 bridgehead atoms. The molecule has 1 fully saturated rings. The predicted molar refractivity (Wildman–Crippen MR) is 117 cm³/mol. The molecule has 3 rings (SSSR count). The molecule has 0 aliphatic carbocycles. The van der Waals surface area contributed by atoms with E-state index in [-0.39, 0.29) is 11.8 Å². The number of nitrogens with one attached hydrogen (secondary N) is 1. The van der Waals surface area contributed by atoms with Gasteiger partial charge >= 0.3 is 0 Å². The first-order chi connectivity index (χ1) is 13.5. The van der Waals surface area contributed by atoms with E-state index in [1.54, 1.807) is 0 Å². The Morgan fingerprint density at radius 3 is 2.54 bits per heavy atom. The smallest absolute Gasteiger partial charge is 0.223 e. The molecule has 0 unspecified atom stereocenters. The predicted octanol–water partition coefficient (Wildman–Crippen LogP) is 4.47. The lowest BCUT2D eigenvalue weighted by Crippen LogP contribution is -2.41. The Balaban J connectivity index is 1.35. The topological polar surface area (TPSA) is 41.6 Å². The first kappa shape index (κ1) is 20.9. The Hall–Kier alpha value is -1.85. The summed E-state index contributed by atoms with van der Waals surface area (Å²) in [6.45, 7) is 8.04. The third-order valence-corrected chi connectivity index (χ3v) is 5.80. The number of ether oxygens (including phenoxy) is 1. The van der Waals surface area contributed by atoms with Crippen molar-refractivity contribution in [2.45, 2.75) is 33.2 Å². The van der Waals surface area contributed by atoms with Crippen LogP contribution in [0.25, 0.3) is 0 Å². The van der Waals surface area contributed by atoms with E-state index in [2.05, 4.69) is 63.4 Å². The van der Waals surface area contributed by atoms with Gasteiger partial charge in [0.1, 0.15) is 12.4 Å². The molecule has 5 heteroatoms. The third-order valence-electron chi connectivity index (χ3n) is 5.27. The maximum atomic E-state index is 12.4. The van der Waals surface area contributed by atoms with Crippen LogP contribution in [0.15, 0.2) is 46.9 Å². The molecule has 1 N–H and O–H groups in total. The molecular weight excluding hydrogens is 416 g/mol. The van der Waals surface area contributed by atoms with E-state index in [1.165, 1.54) is 11.1 Å². The van der Waals surface area contributed by atoms with Gasteiger partial charge in [-0.2, -0.15) is 0 Å². The van der Waals surface area contributed by atoms with Gasteiger partial charge in [0.15, 0.2) is 0 Å². The highest BCUT2D eigenvalue weighted by Gasteiger charge is 2.24. The van der Waals surface area contributed by atoms with E-state index in [0.717, 1.165) is 48.3 Å². The molecule has 0 radical (unpaired) electrons. The molecule has 2 aromatic carbocycles. The second-order valence-electron chi connectivity index (χ2n) is 7.59. The highest BCUT2D eigenvalue weighted by Crippen LogP contribution is 2.21. The normalized spacial score (nSPS) is 15.4. The number of carbonyl (C=O) groups is 1.